The second-order valence-corrected chi connectivity index (χ2v) is 11.4. The van der Waals surface area contributed by atoms with E-state index in [0.717, 1.165) is 31.2 Å². The molecule has 0 aliphatic rings. The molecule has 0 bridgehead atoms. The molecule has 0 amide bonds. The molecule has 1 N–H and O–H groups in total. The van der Waals surface area contributed by atoms with Crippen molar-refractivity contribution in [3.8, 4) is 0 Å². The minimum absolute atomic E-state index is 0.0278. The molecule has 4 nitrogen and oxygen atoms in total. The standard InChI is InChI=1S/C18H30O4S2/c1-5-7-13-23(14-8-6-2,15-17(4)19)22-24(20,21)18-11-9-16(3)10-12-18/h9-12H,5-8,13-15H2,1-4H3/p+1. The van der Waals surface area contributed by atoms with Crippen LogP contribution in [0.4, 0.5) is 0 Å². The zero-order valence-corrected chi connectivity index (χ0v) is 16.9. The Morgan fingerprint density at radius 2 is 1.50 bits per heavy atom. The number of unbranched alkanes of at least 4 members (excludes halogenated alkanes) is 2. The SMILES string of the molecule is CCCCS(CCCC)(CC(C)=O)[OH+]S(=O)(=O)c1ccc(C)cc1. The molecular weight excluding hydrogens is 344 g/mol. The first-order chi connectivity index (χ1) is 11.2. The molecule has 138 valence electrons. The second-order valence-electron chi connectivity index (χ2n) is 6.32. The van der Waals surface area contributed by atoms with Gasteiger partial charge in [-0.25, -0.2) is 0 Å². The van der Waals surface area contributed by atoms with Gasteiger partial charge in [-0.2, -0.15) is 0 Å². The Balaban J connectivity index is 3.15. The predicted molar refractivity (Wildman–Crippen MR) is 104 cm³/mol. The van der Waals surface area contributed by atoms with Crippen molar-refractivity contribution in [3.05, 3.63) is 29.8 Å². The van der Waals surface area contributed by atoms with Crippen LogP contribution in [0.15, 0.2) is 29.2 Å². The number of rotatable bonds is 11. The maximum Gasteiger partial charge on any atom is 0.421 e. The van der Waals surface area contributed by atoms with Gasteiger partial charge < -0.3 is 0 Å². The van der Waals surface area contributed by atoms with E-state index in [0.29, 0.717) is 11.5 Å². The van der Waals surface area contributed by atoms with Crippen molar-refractivity contribution in [1.82, 2.24) is 0 Å². The lowest BCUT2D eigenvalue weighted by Gasteiger charge is -2.33. The van der Waals surface area contributed by atoms with Crippen LogP contribution >= 0.6 is 10.3 Å². The minimum atomic E-state index is -3.73. The van der Waals surface area contributed by atoms with E-state index in [-0.39, 0.29) is 16.4 Å². The summed E-state index contributed by atoms with van der Waals surface area (Å²) in [5.74, 6) is 1.74. The van der Waals surface area contributed by atoms with E-state index in [1.807, 2.05) is 6.92 Å². The van der Waals surface area contributed by atoms with Gasteiger partial charge in [0, 0.05) is 11.5 Å². The number of hydrogen-bond donors (Lipinski definition) is 0. The summed E-state index contributed by atoms with van der Waals surface area (Å²) in [7, 11) is -5.58. The zero-order chi connectivity index (χ0) is 18.2. The zero-order valence-electron chi connectivity index (χ0n) is 15.2. The van der Waals surface area contributed by atoms with Crippen molar-refractivity contribution >= 4 is 26.2 Å². The van der Waals surface area contributed by atoms with Crippen molar-refractivity contribution in [1.29, 1.82) is 0 Å². The van der Waals surface area contributed by atoms with Crippen LogP contribution in [0.1, 0.15) is 52.0 Å². The monoisotopic (exact) mass is 375 g/mol. The van der Waals surface area contributed by atoms with Gasteiger partial charge in [0.05, 0.1) is 5.75 Å². The van der Waals surface area contributed by atoms with Crippen LogP contribution in [-0.2, 0) is 14.9 Å². The molecule has 1 aromatic rings. The molecule has 0 unspecified atom stereocenters. The average molecular weight is 376 g/mol. The molecule has 0 spiro atoms. The first kappa shape index (κ1) is 21.2. The van der Waals surface area contributed by atoms with Crippen LogP contribution in [0.25, 0.3) is 0 Å². The normalized spacial score (nSPS) is 13.0. The highest BCUT2D eigenvalue weighted by atomic mass is 32.3. The summed E-state index contributed by atoms with van der Waals surface area (Å²) >= 11 is 0. The van der Waals surface area contributed by atoms with Gasteiger partial charge in [0.25, 0.3) is 0 Å². The van der Waals surface area contributed by atoms with Gasteiger partial charge >= 0.3 is 10.1 Å². The van der Waals surface area contributed by atoms with E-state index < -0.39 is 20.4 Å². The van der Waals surface area contributed by atoms with Gasteiger partial charge in [-0.3, -0.25) is 8.42 Å². The highest BCUT2D eigenvalue weighted by Crippen LogP contribution is 2.50. The summed E-state index contributed by atoms with van der Waals surface area (Å²) < 4.78 is 30.0. The van der Waals surface area contributed by atoms with Crippen LogP contribution < -0.4 is 0 Å². The summed E-state index contributed by atoms with van der Waals surface area (Å²) in [5.41, 5.74) is 1.01. The number of carbonyl (C=O) groups excluding carboxylic acids is 1. The van der Waals surface area contributed by atoms with E-state index in [1.54, 1.807) is 24.3 Å². The van der Waals surface area contributed by atoms with Crippen LogP contribution in [0, 0.1) is 6.92 Å². The van der Waals surface area contributed by atoms with E-state index >= 15 is 0 Å². The Hall–Kier alpha value is -0.850. The van der Waals surface area contributed by atoms with Gasteiger partial charge in [0.15, 0.2) is 0 Å². The van der Waals surface area contributed by atoms with Crippen molar-refractivity contribution in [2.45, 2.75) is 58.3 Å². The van der Waals surface area contributed by atoms with Crippen LogP contribution in [0.3, 0.4) is 0 Å². The largest absolute Gasteiger partial charge is 0.421 e. The first-order valence-corrected chi connectivity index (χ1v) is 12.1. The van der Waals surface area contributed by atoms with Gasteiger partial charge in [0.2, 0.25) is 0 Å². The maximum absolute atomic E-state index is 12.8. The molecule has 0 aliphatic carbocycles. The van der Waals surface area contributed by atoms with Crippen LogP contribution in [0.2, 0.25) is 0 Å². The quantitative estimate of drug-likeness (QED) is 0.416. The lowest BCUT2D eigenvalue weighted by atomic mass is 10.2. The third-order valence-electron chi connectivity index (χ3n) is 3.80. The molecule has 0 saturated heterocycles. The van der Waals surface area contributed by atoms with E-state index in [9.17, 15) is 13.2 Å². The molecule has 24 heavy (non-hydrogen) atoms. The molecule has 0 aromatic heterocycles. The molecule has 0 radical (unpaired) electrons. The molecule has 1 rings (SSSR count). The number of Topliss-reactive ketones (excluding diaryl/α,β-unsaturated/α-hetero) is 1. The fourth-order valence-corrected chi connectivity index (χ4v) is 8.71. The van der Waals surface area contributed by atoms with Gasteiger partial charge in [-0.15, -0.1) is 8.42 Å². The number of ketones is 1. The number of aryl methyl sites for hydroxylation is 1. The number of hydrogen-bond acceptors (Lipinski definition) is 3. The Labute approximate surface area is 148 Å². The summed E-state index contributed by atoms with van der Waals surface area (Å²) in [5, 5.41) is 0. The van der Waals surface area contributed by atoms with Gasteiger partial charge in [0.1, 0.15) is 10.7 Å². The lowest BCUT2D eigenvalue weighted by molar-refractivity contribution is -0.114. The number of carbonyl (C=O) groups is 1. The molecule has 0 aliphatic heterocycles. The van der Waals surface area contributed by atoms with Crippen molar-refractivity contribution < 1.29 is 16.8 Å². The Morgan fingerprint density at radius 1 is 1.00 bits per heavy atom. The lowest BCUT2D eigenvalue weighted by Crippen LogP contribution is -2.27. The molecular formula is C18H31O4S2+. The smallest absolute Gasteiger partial charge is 0.299 e. The fraction of sp³-hybridized carbons (Fsp3) is 0.611. The first-order valence-electron chi connectivity index (χ1n) is 8.56. The number of benzene rings is 1. The molecule has 6 heteroatoms. The molecule has 0 fully saturated rings. The highest BCUT2D eigenvalue weighted by Gasteiger charge is 2.38. The average Bonchev–Trinajstić information content (AvgIpc) is 2.50. The van der Waals surface area contributed by atoms with E-state index in [4.69, 9.17) is 0 Å². The van der Waals surface area contributed by atoms with Gasteiger partial charge in [-0.05, 0) is 49.1 Å². The van der Waals surface area contributed by atoms with E-state index in [1.165, 1.54) is 6.92 Å². The van der Waals surface area contributed by atoms with Gasteiger partial charge in [-0.1, -0.05) is 44.4 Å². The predicted octanol–water partition coefficient (Wildman–Crippen LogP) is 4.69. The third-order valence-corrected chi connectivity index (χ3v) is 9.76. The summed E-state index contributed by atoms with van der Waals surface area (Å²) in [6, 6.07) is 6.77. The molecule has 1 aromatic carbocycles. The second kappa shape index (κ2) is 9.59. The van der Waals surface area contributed by atoms with Crippen LogP contribution in [-0.4, -0.2) is 35.1 Å². The minimum Gasteiger partial charge on any atom is -0.299 e. The van der Waals surface area contributed by atoms with E-state index in [2.05, 4.69) is 17.5 Å². The van der Waals surface area contributed by atoms with Crippen LogP contribution in [0.5, 0.6) is 0 Å². The molecule has 0 heterocycles. The Bertz CT molecular complexity index is 613. The van der Waals surface area contributed by atoms with Crippen molar-refractivity contribution in [2.24, 2.45) is 0 Å². The van der Waals surface area contributed by atoms with Crippen molar-refractivity contribution in [3.63, 3.8) is 0 Å². The van der Waals surface area contributed by atoms with Crippen molar-refractivity contribution in [2.75, 3.05) is 17.3 Å². The molecule has 0 atom stereocenters. The summed E-state index contributed by atoms with van der Waals surface area (Å²) in [4.78, 5) is 12.0. The topological polar surface area (TPSA) is 64.0 Å². The highest BCUT2D eigenvalue weighted by molar-refractivity contribution is 8.32. The summed E-state index contributed by atoms with van der Waals surface area (Å²) in [6.45, 7) is 7.60. The fourth-order valence-electron chi connectivity index (χ4n) is 2.51. The maximum atomic E-state index is 12.8. The molecule has 0 saturated carbocycles. The summed E-state index contributed by atoms with van der Waals surface area (Å²) in [6.07, 6.45) is 3.75. The third kappa shape index (κ3) is 6.57. The Morgan fingerprint density at radius 3 is 1.92 bits per heavy atom. The Kier molecular flexibility index (Phi) is 8.46.